The number of carbonyl (C=O) groups excluding carboxylic acids is 1. The standard InChI is InChI=1S/C26H29N3O6S/c1-2-19(15-30)29-36(32,33)20-9-6-17(7-10-20)21-4-3-5-24(27-21)28-25(31)26(12-13-26)18-8-11-22-23(14-18)35-16-34-22/h3-11,18-19,29-30H,2,12-16H2,1H3,(H,27,28,31)/t18?,19-/m1/s1. The van der Waals surface area contributed by atoms with Crippen molar-refractivity contribution < 1.29 is 27.8 Å². The van der Waals surface area contributed by atoms with Crippen molar-refractivity contribution in [2.45, 2.75) is 43.5 Å². The molecular formula is C26H29N3O6S. The fourth-order valence-electron chi connectivity index (χ4n) is 4.62. The lowest BCUT2D eigenvalue weighted by atomic mass is 9.82. The summed E-state index contributed by atoms with van der Waals surface area (Å²) >= 11 is 0. The predicted molar refractivity (Wildman–Crippen MR) is 133 cm³/mol. The Kier molecular flexibility index (Phi) is 6.59. The normalized spacial score (nSPS) is 20.8. The van der Waals surface area contributed by atoms with Crippen LogP contribution in [0.1, 0.15) is 32.6 Å². The van der Waals surface area contributed by atoms with E-state index in [0.29, 0.717) is 29.9 Å². The van der Waals surface area contributed by atoms with Gasteiger partial charge in [0.1, 0.15) is 11.6 Å². The van der Waals surface area contributed by atoms with Gasteiger partial charge in [0.2, 0.25) is 22.7 Å². The van der Waals surface area contributed by atoms with E-state index in [2.05, 4.69) is 15.0 Å². The van der Waals surface area contributed by atoms with E-state index in [4.69, 9.17) is 9.47 Å². The third-order valence-electron chi connectivity index (χ3n) is 7.04. The number of hydrogen-bond acceptors (Lipinski definition) is 7. The molecule has 0 radical (unpaired) electrons. The molecule has 1 unspecified atom stereocenters. The molecule has 3 N–H and O–H groups in total. The number of carbonyl (C=O) groups is 1. The van der Waals surface area contributed by atoms with Gasteiger partial charge in [-0.3, -0.25) is 4.79 Å². The number of rotatable bonds is 9. The van der Waals surface area contributed by atoms with Crippen LogP contribution in [-0.2, 0) is 24.3 Å². The quantitative estimate of drug-likeness (QED) is 0.471. The van der Waals surface area contributed by atoms with E-state index in [1.807, 2.05) is 12.2 Å². The van der Waals surface area contributed by atoms with Gasteiger partial charge in [0, 0.05) is 18.0 Å². The molecule has 3 aliphatic rings. The van der Waals surface area contributed by atoms with Gasteiger partial charge in [0.25, 0.3) is 0 Å². The highest BCUT2D eigenvalue weighted by Gasteiger charge is 2.55. The first-order valence-corrected chi connectivity index (χ1v) is 13.5. The summed E-state index contributed by atoms with van der Waals surface area (Å²) in [5.74, 6) is 1.99. The van der Waals surface area contributed by atoms with Crippen LogP contribution in [0.25, 0.3) is 11.3 Å². The molecule has 10 heteroatoms. The van der Waals surface area contributed by atoms with Gasteiger partial charge in [-0.1, -0.05) is 31.2 Å². The molecule has 1 fully saturated rings. The zero-order chi connectivity index (χ0) is 25.3. The zero-order valence-corrected chi connectivity index (χ0v) is 20.8. The van der Waals surface area contributed by atoms with Gasteiger partial charge in [0.15, 0.2) is 5.76 Å². The van der Waals surface area contributed by atoms with Crippen LogP contribution in [0, 0.1) is 11.3 Å². The number of aromatic nitrogens is 1. The van der Waals surface area contributed by atoms with Gasteiger partial charge in [-0.2, -0.15) is 0 Å². The summed E-state index contributed by atoms with van der Waals surface area (Å²) < 4.78 is 38.6. The van der Waals surface area contributed by atoms with E-state index in [9.17, 15) is 18.3 Å². The number of sulfonamides is 1. The summed E-state index contributed by atoms with van der Waals surface area (Å²) in [4.78, 5) is 18.0. The minimum Gasteiger partial charge on any atom is -0.458 e. The van der Waals surface area contributed by atoms with Crippen molar-refractivity contribution in [3.63, 3.8) is 0 Å². The summed E-state index contributed by atoms with van der Waals surface area (Å²) in [6, 6.07) is 11.2. The molecule has 190 valence electrons. The van der Waals surface area contributed by atoms with Crippen LogP contribution in [0.15, 0.2) is 71.0 Å². The Balaban J connectivity index is 1.28. The second-order valence-corrected chi connectivity index (χ2v) is 11.0. The maximum Gasteiger partial charge on any atom is 0.240 e. The lowest BCUT2D eigenvalue weighted by Gasteiger charge is -2.25. The van der Waals surface area contributed by atoms with E-state index < -0.39 is 21.5 Å². The predicted octanol–water partition coefficient (Wildman–Crippen LogP) is 3.31. The molecule has 2 aliphatic carbocycles. The van der Waals surface area contributed by atoms with Crippen LogP contribution in [-0.4, -0.2) is 43.9 Å². The summed E-state index contributed by atoms with van der Waals surface area (Å²) in [7, 11) is -3.75. The maximum absolute atomic E-state index is 13.3. The van der Waals surface area contributed by atoms with E-state index in [1.54, 1.807) is 37.3 Å². The van der Waals surface area contributed by atoms with E-state index >= 15 is 0 Å². The van der Waals surface area contributed by atoms with Crippen molar-refractivity contribution in [3.8, 4) is 11.3 Å². The number of aliphatic hydroxyl groups is 1. The van der Waals surface area contributed by atoms with Crippen LogP contribution in [0.5, 0.6) is 0 Å². The minimum atomic E-state index is -3.75. The number of anilines is 1. The van der Waals surface area contributed by atoms with Crippen molar-refractivity contribution in [1.82, 2.24) is 9.71 Å². The Morgan fingerprint density at radius 2 is 1.97 bits per heavy atom. The lowest BCUT2D eigenvalue weighted by molar-refractivity contribution is -0.122. The van der Waals surface area contributed by atoms with Crippen LogP contribution in [0.3, 0.4) is 0 Å². The second kappa shape index (κ2) is 9.68. The van der Waals surface area contributed by atoms with Crippen LogP contribution < -0.4 is 10.0 Å². The summed E-state index contributed by atoms with van der Waals surface area (Å²) in [6.07, 6.45) is 6.67. The van der Waals surface area contributed by atoms with Crippen molar-refractivity contribution in [2.75, 3.05) is 18.7 Å². The highest BCUT2D eigenvalue weighted by molar-refractivity contribution is 7.89. The van der Waals surface area contributed by atoms with Gasteiger partial charge >= 0.3 is 0 Å². The molecule has 36 heavy (non-hydrogen) atoms. The average Bonchev–Trinajstić information content (AvgIpc) is 3.58. The molecule has 1 amide bonds. The van der Waals surface area contributed by atoms with E-state index in [0.717, 1.165) is 24.4 Å². The number of nitrogens with zero attached hydrogens (tertiary/aromatic N) is 1. The van der Waals surface area contributed by atoms with Gasteiger partial charge in [0.05, 0.1) is 22.6 Å². The second-order valence-electron chi connectivity index (χ2n) is 9.32. The molecule has 1 saturated carbocycles. The first-order chi connectivity index (χ1) is 17.3. The fourth-order valence-corrected chi connectivity index (χ4v) is 5.93. The van der Waals surface area contributed by atoms with E-state index in [1.165, 1.54) is 12.1 Å². The SMILES string of the molecule is CC[C@H](CO)NS(=O)(=O)c1ccc(-c2cccc(NC(=O)C3(C4C=CC5=C(C4)OCO5)CC3)n2)cc1. The summed E-state index contributed by atoms with van der Waals surface area (Å²) in [5, 5.41) is 12.3. The highest BCUT2D eigenvalue weighted by atomic mass is 32.2. The molecule has 0 spiro atoms. The average molecular weight is 512 g/mol. The third kappa shape index (κ3) is 4.76. The zero-order valence-electron chi connectivity index (χ0n) is 19.9. The number of ether oxygens (including phenoxy) is 2. The first-order valence-electron chi connectivity index (χ1n) is 12.0. The molecule has 5 rings (SSSR count). The number of hydrogen-bond donors (Lipinski definition) is 3. The van der Waals surface area contributed by atoms with E-state index in [-0.39, 0.29) is 30.1 Å². The van der Waals surface area contributed by atoms with Gasteiger partial charge in [-0.05, 0) is 55.5 Å². The highest BCUT2D eigenvalue weighted by Crippen LogP contribution is 2.56. The number of allylic oxidation sites excluding steroid dienone is 3. The molecule has 0 bridgehead atoms. The fraction of sp³-hybridized carbons (Fsp3) is 0.385. The number of pyridine rings is 1. The minimum absolute atomic E-state index is 0.0439. The Bertz CT molecular complexity index is 1310. The number of aliphatic hydroxyl groups excluding tert-OH is 1. The largest absolute Gasteiger partial charge is 0.458 e. The first kappa shape index (κ1) is 24.5. The number of benzene rings is 1. The van der Waals surface area contributed by atoms with Crippen molar-refractivity contribution in [2.24, 2.45) is 11.3 Å². The summed E-state index contributed by atoms with van der Waals surface area (Å²) in [5.41, 5.74) is 0.848. The number of nitrogens with one attached hydrogen (secondary N) is 2. The molecule has 9 nitrogen and oxygen atoms in total. The van der Waals surface area contributed by atoms with Crippen molar-refractivity contribution in [1.29, 1.82) is 0 Å². The lowest BCUT2D eigenvalue weighted by Crippen LogP contribution is -2.36. The molecule has 0 saturated heterocycles. The maximum atomic E-state index is 13.3. The summed E-state index contributed by atoms with van der Waals surface area (Å²) in [6.45, 7) is 1.76. The van der Waals surface area contributed by atoms with Crippen molar-refractivity contribution in [3.05, 3.63) is 66.1 Å². The molecule has 1 aromatic heterocycles. The molecule has 2 aromatic rings. The van der Waals surface area contributed by atoms with Crippen LogP contribution in [0.4, 0.5) is 5.82 Å². The molecule has 2 heterocycles. The smallest absolute Gasteiger partial charge is 0.240 e. The van der Waals surface area contributed by atoms with Gasteiger partial charge in [-0.25, -0.2) is 18.1 Å². The Labute approximate surface area is 210 Å². The number of amides is 1. The van der Waals surface area contributed by atoms with Gasteiger partial charge < -0.3 is 19.9 Å². The van der Waals surface area contributed by atoms with Gasteiger partial charge in [-0.15, -0.1) is 0 Å². The third-order valence-corrected chi connectivity index (χ3v) is 8.58. The Morgan fingerprint density at radius 1 is 1.19 bits per heavy atom. The van der Waals surface area contributed by atoms with Crippen molar-refractivity contribution >= 4 is 21.7 Å². The Morgan fingerprint density at radius 3 is 2.67 bits per heavy atom. The molecular weight excluding hydrogens is 482 g/mol. The Hall–Kier alpha value is -3.21. The molecule has 2 atom stereocenters. The topological polar surface area (TPSA) is 127 Å². The molecule has 1 aliphatic heterocycles. The van der Waals surface area contributed by atoms with Crippen LogP contribution >= 0.6 is 0 Å². The van der Waals surface area contributed by atoms with Crippen LogP contribution in [0.2, 0.25) is 0 Å². The molecule has 1 aromatic carbocycles. The monoisotopic (exact) mass is 511 g/mol.